The number of alkyl halides is 2. The number of nitrogens with one attached hydrogen (secondary N) is 2. The van der Waals surface area contributed by atoms with E-state index in [1.165, 1.54) is 12.4 Å². The Labute approximate surface area is 91.1 Å². The summed E-state index contributed by atoms with van der Waals surface area (Å²) in [4.78, 5) is 15.4. The third-order valence-electron chi connectivity index (χ3n) is 2.37. The van der Waals surface area contributed by atoms with Crippen LogP contribution in [-0.4, -0.2) is 29.4 Å². The summed E-state index contributed by atoms with van der Waals surface area (Å²) in [5, 5.41) is 5.04. The number of amides is 1. The van der Waals surface area contributed by atoms with Gasteiger partial charge in [-0.1, -0.05) is 0 Å². The largest absolute Gasteiger partial charge is 0.325 e. The molecule has 0 radical (unpaired) electrons. The Morgan fingerprint density at radius 2 is 2.19 bits per heavy atom. The minimum absolute atomic E-state index is 0.441. The standard InChI is InChI=1S/C10H11F2N3O/c11-10(12)5-8(14-6-10)9(16)15-7-1-3-13-4-2-7/h1-4,8,14H,5-6H2,(H,13,15,16). The van der Waals surface area contributed by atoms with Gasteiger partial charge in [0.25, 0.3) is 5.92 Å². The molecule has 1 amide bonds. The summed E-state index contributed by atoms with van der Waals surface area (Å²) in [6, 6.07) is 2.37. The summed E-state index contributed by atoms with van der Waals surface area (Å²) in [5.41, 5.74) is 0.553. The van der Waals surface area contributed by atoms with Crippen molar-refractivity contribution in [2.24, 2.45) is 0 Å². The summed E-state index contributed by atoms with van der Waals surface area (Å²) in [6.07, 6.45) is 2.59. The fraction of sp³-hybridized carbons (Fsp3) is 0.400. The molecule has 0 aromatic carbocycles. The molecule has 0 spiro atoms. The second kappa shape index (κ2) is 4.13. The van der Waals surface area contributed by atoms with Gasteiger partial charge in [-0.15, -0.1) is 0 Å². The molecule has 1 saturated heterocycles. The van der Waals surface area contributed by atoms with E-state index in [9.17, 15) is 13.6 Å². The van der Waals surface area contributed by atoms with Crippen molar-refractivity contribution in [2.45, 2.75) is 18.4 Å². The number of hydrogen-bond acceptors (Lipinski definition) is 3. The highest BCUT2D eigenvalue weighted by Gasteiger charge is 2.42. The quantitative estimate of drug-likeness (QED) is 0.793. The zero-order valence-electron chi connectivity index (χ0n) is 8.41. The number of carbonyl (C=O) groups excluding carboxylic acids is 1. The molecule has 6 heteroatoms. The number of anilines is 1. The summed E-state index contributed by atoms with van der Waals surface area (Å²) >= 11 is 0. The molecular weight excluding hydrogens is 216 g/mol. The number of aromatic nitrogens is 1. The maximum absolute atomic E-state index is 12.8. The Kier molecular flexibility index (Phi) is 2.82. The highest BCUT2D eigenvalue weighted by molar-refractivity contribution is 5.95. The predicted octanol–water partition coefficient (Wildman–Crippen LogP) is 1.02. The van der Waals surface area contributed by atoms with Crippen LogP contribution in [0.25, 0.3) is 0 Å². The molecular formula is C10H11F2N3O. The number of nitrogens with zero attached hydrogens (tertiary/aromatic N) is 1. The predicted molar refractivity (Wildman–Crippen MR) is 54.2 cm³/mol. The first-order valence-corrected chi connectivity index (χ1v) is 4.89. The minimum Gasteiger partial charge on any atom is -0.325 e. The molecule has 1 aliphatic rings. The average Bonchev–Trinajstić information content (AvgIpc) is 2.60. The number of rotatable bonds is 2. The van der Waals surface area contributed by atoms with Crippen molar-refractivity contribution in [1.29, 1.82) is 0 Å². The lowest BCUT2D eigenvalue weighted by Crippen LogP contribution is -2.35. The van der Waals surface area contributed by atoms with E-state index in [-0.39, 0.29) is 0 Å². The van der Waals surface area contributed by atoms with Crippen LogP contribution in [0.5, 0.6) is 0 Å². The van der Waals surface area contributed by atoms with Gasteiger partial charge < -0.3 is 5.32 Å². The third-order valence-corrected chi connectivity index (χ3v) is 2.37. The van der Waals surface area contributed by atoms with Gasteiger partial charge in [-0.25, -0.2) is 8.78 Å². The minimum atomic E-state index is -2.79. The zero-order chi connectivity index (χ0) is 11.6. The average molecular weight is 227 g/mol. The molecule has 1 fully saturated rings. The molecule has 2 rings (SSSR count). The Bertz CT molecular complexity index is 383. The molecule has 1 unspecified atom stereocenters. The summed E-state index contributed by atoms with van der Waals surface area (Å²) in [6.45, 7) is -0.443. The molecule has 1 aromatic heterocycles. The van der Waals surface area contributed by atoms with Gasteiger partial charge in [0, 0.05) is 24.5 Å². The molecule has 1 aliphatic heterocycles. The van der Waals surface area contributed by atoms with Crippen molar-refractivity contribution in [3.05, 3.63) is 24.5 Å². The third kappa shape index (κ3) is 2.52. The van der Waals surface area contributed by atoms with Crippen LogP contribution < -0.4 is 10.6 Å². The van der Waals surface area contributed by atoms with E-state index in [0.29, 0.717) is 5.69 Å². The smallest absolute Gasteiger partial charge is 0.262 e. The van der Waals surface area contributed by atoms with Crippen molar-refractivity contribution in [3.63, 3.8) is 0 Å². The van der Waals surface area contributed by atoms with Gasteiger partial charge >= 0.3 is 0 Å². The second-order valence-corrected chi connectivity index (χ2v) is 3.72. The molecule has 0 bridgehead atoms. The van der Waals surface area contributed by atoms with Crippen LogP contribution in [0.1, 0.15) is 6.42 Å². The number of halogens is 2. The van der Waals surface area contributed by atoms with Gasteiger partial charge in [0.15, 0.2) is 0 Å². The molecule has 0 aliphatic carbocycles. The first kappa shape index (κ1) is 10.9. The van der Waals surface area contributed by atoms with E-state index in [1.807, 2.05) is 0 Å². The van der Waals surface area contributed by atoms with E-state index in [4.69, 9.17) is 0 Å². The van der Waals surface area contributed by atoms with Crippen LogP contribution in [0.15, 0.2) is 24.5 Å². The molecule has 16 heavy (non-hydrogen) atoms. The number of hydrogen-bond donors (Lipinski definition) is 2. The monoisotopic (exact) mass is 227 g/mol. The summed E-state index contributed by atoms with van der Waals surface area (Å²) < 4.78 is 25.7. The summed E-state index contributed by atoms with van der Waals surface area (Å²) in [5.74, 6) is -3.23. The first-order valence-electron chi connectivity index (χ1n) is 4.89. The van der Waals surface area contributed by atoms with Gasteiger partial charge in [-0.2, -0.15) is 0 Å². The molecule has 0 saturated carbocycles. The van der Waals surface area contributed by atoms with Crippen molar-refractivity contribution in [2.75, 3.05) is 11.9 Å². The zero-order valence-corrected chi connectivity index (χ0v) is 8.41. The normalized spacial score (nSPS) is 23.0. The highest BCUT2D eigenvalue weighted by Crippen LogP contribution is 2.25. The lowest BCUT2D eigenvalue weighted by atomic mass is 10.2. The van der Waals surface area contributed by atoms with Crippen LogP contribution >= 0.6 is 0 Å². The molecule has 4 nitrogen and oxygen atoms in total. The Morgan fingerprint density at radius 3 is 2.75 bits per heavy atom. The molecule has 1 atom stereocenters. The van der Waals surface area contributed by atoms with E-state index >= 15 is 0 Å². The number of pyridine rings is 1. The Morgan fingerprint density at radius 1 is 1.50 bits per heavy atom. The molecule has 2 N–H and O–H groups in total. The molecule has 1 aromatic rings. The van der Waals surface area contributed by atoms with Crippen LogP contribution in [0.2, 0.25) is 0 Å². The van der Waals surface area contributed by atoms with Gasteiger partial charge in [0.2, 0.25) is 5.91 Å². The van der Waals surface area contributed by atoms with E-state index in [0.717, 1.165) is 0 Å². The SMILES string of the molecule is O=C(Nc1ccncc1)C1CC(F)(F)CN1. The van der Waals surface area contributed by atoms with Crippen molar-refractivity contribution >= 4 is 11.6 Å². The maximum Gasteiger partial charge on any atom is 0.262 e. The second-order valence-electron chi connectivity index (χ2n) is 3.72. The fourth-order valence-electron chi connectivity index (χ4n) is 1.57. The van der Waals surface area contributed by atoms with E-state index in [2.05, 4.69) is 15.6 Å². The lowest BCUT2D eigenvalue weighted by Gasteiger charge is -2.10. The van der Waals surface area contributed by atoms with E-state index < -0.39 is 30.8 Å². The van der Waals surface area contributed by atoms with Crippen LogP contribution in [0.3, 0.4) is 0 Å². The van der Waals surface area contributed by atoms with Crippen LogP contribution in [0.4, 0.5) is 14.5 Å². The Hall–Kier alpha value is -1.56. The van der Waals surface area contributed by atoms with Crippen molar-refractivity contribution in [3.8, 4) is 0 Å². The fourth-order valence-corrected chi connectivity index (χ4v) is 1.57. The van der Waals surface area contributed by atoms with E-state index in [1.54, 1.807) is 12.1 Å². The van der Waals surface area contributed by atoms with Crippen molar-refractivity contribution < 1.29 is 13.6 Å². The topological polar surface area (TPSA) is 54.0 Å². The lowest BCUT2D eigenvalue weighted by molar-refractivity contribution is -0.118. The summed E-state index contributed by atoms with van der Waals surface area (Å²) in [7, 11) is 0. The first-order chi connectivity index (χ1) is 7.57. The van der Waals surface area contributed by atoms with Gasteiger partial charge in [0.1, 0.15) is 0 Å². The number of carbonyl (C=O) groups is 1. The van der Waals surface area contributed by atoms with Gasteiger partial charge in [-0.05, 0) is 12.1 Å². The van der Waals surface area contributed by atoms with Crippen LogP contribution in [-0.2, 0) is 4.79 Å². The molecule has 2 heterocycles. The van der Waals surface area contributed by atoms with Crippen LogP contribution in [0, 0.1) is 0 Å². The maximum atomic E-state index is 12.8. The molecule has 86 valence electrons. The Balaban J connectivity index is 1.95. The highest BCUT2D eigenvalue weighted by atomic mass is 19.3. The van der Waals surface area contributed by atoms with Gasteiger partial charge in [-0.3, -0.25) is 15.1 Å². The van der Waals surface area contributed by atoms with Crippen molar-refractivity contribution in [1.82, 2.24) is 10.3 Å². The van der Waals surface area contributed by atoms with Gasteiger partial charge in [0.05, 0.1) is 12.6 Å².